The lowest BCUT2D eigenvalue weighted by Crippen LogP contribution is -2.29. The summed E-state index contributed by atoms with van der Waals surface area (Å²) in [5.74, 6) is 5.16. The number of carbonyl (C=O) groups excluding carboxylic acids is 2. The first-order valence-corrected chi connectivity index (χ1v) is 10.5. The van der Waals surface area contributed by atoms with E-state index >= 15 is 0 Å². The molecule has 1 heterocycles. The van der Waals surface area contributed by atoms with Gasteiger partial charge in [0.2, 0.25) is 0 Å². The number of nitrogens with one attached hydrogen (secondary N) is 1. The third-order valence-electron chi connectivity index (χ3n) is 5.26. The molecule has 0 spiro atoms. The van der Waals surface area contributed by atoms with Crippen molar-refractivity contribution in [2.75, 3.05) is 6.61 Å². The minimum absolute atomic E-state index is 0.314. The molecule has 0 aliphatic carbocycles. The van der Waals surface area contributed by atoms with Gasteiger partial charge in [0, 0.05) is 28.7 Å². The number of carbonyl (C=O) groups is 2. The largest absolute Gasteiger partial charge is 0.489 e. The zero-order chi connectivity index (χ0) is 22.4. The predicted octanol–water partition coefficient (Wildman–Crippen LogP) is 4.11. The van der Waals surface area contributed by atoms with Gasteiger partial charge in [0.25, 0.3) is 5.91 Å². The molecule has 2 aromatic carbocycles. The van der Waals surface area contributed by atoms with Crippen molar-refractivity contribution in [3.63, 3.8) is 0 Å². The normalized spacial score (nSPS) is 10.8. The number of nitrogens with zero attached hydrogens (tertiary/aromatic N) is 1. The molecule has 3 N–H and O–H groups in total. The third-order valence-corrected chi connectivity index (χ3v) is 5.26. The number of amides is 1. The highest BCUT2D eigenvalue weighted by atomic mass is 16.5. The Labute approximate surface area is 182 Å². The molecule has 3 aromatic rings. The first kappa shape index (κ1) is 22.4. The number of fused-ring (bicyclic) bond motifs is 1. The Kier molecular flexibility index (Phi) is 7.31. The van der Waals surface area contributed by atoms with Crippen LogP contribution in [0.15, 0.2) is 42.5 Å². The van der Waals surface area contributed by atoms with E-state index in [4.69, 9.17) is 15.3 Å². The molecule has 0 radical (unpaired) electrons. The van der Waals surface area contributed by atoms with Gasteiger partial charge in [-0.1, -0.05) is 25.5 Å². The number of hydrogen-bond acceptors (Lipinski definition) is 5. The van der Waals surface area contributed by atoms with E-state index in [2.05, 4.69) is 16.9 Å². The Bertz CT molecular complexity index is 1070. The van der Waals surface area contributed by atoms with Crippen molar-refractivity contribution in [2.24, 2.45) is 5.84 Å². The van der Waals surface area contributed by atoms with E-state index in [0.29, 0.717) is 30.1 Å². The lowest BCUT2D eigenvalue weighted by Gasteiger charge is -2.09. The van der Waals surface area contributed by atoms with Gasteiger partial charge in [-0.25, -0.2) is 10.6 Å². The third kappa shape index (κ3) is 4.88. The van der Waals surface area contributed by atoms with E-state index in [1.165, 1.54) is 0 Å². The van der Waals surface area contributed by atoms with Crippen molar-refractivity contribution in [3.05, 3.63) is 64.8 Å². The fourth-order valence-corrected chi connectivity index (χ4v) is 3.62. The van der Waals surface area contributed by atoms with E-state index in [0.717, 1.165) is 41.5 Å². The summed E-state index contributed by atoms with van der Waals surface area (Å²) in [6.07, 6.45) is 2.10. The number of nitrogen functional groups attached to an aromatic ring is 1. The standard InChI is InChI=1S/C24H29N3O4/c1-4-6-13-27-16(3)22(24(29)30-5-2)20-14-19(11-12-21(20)27)31-15-17-7-9-18(10-8-17)23(28)26-25/h7-12,14H,4-6,13,15,25H2,1-3H3,(H,26,28). The van der Waals surface area contributed by atoms with Crippen molar-refractivity contribution in [2.45, 2.75) is 46.8 Å². The van der Waals surface area contributed by atoms with Crippen molar-refractivity contribution < 1.29 is 19.1 Å². The van der Waals surface area contributed by atoms with Crippen molar-refractivity contribution in [1.29, 1.82) is 0 Å². The maximum Gasteiger partial charge on any atom is 0.340 e. The highest BCUT2D eigenvalue weighted by Gasteiger charge is 2.21. The number of unbranched alkanes of at least 4 members (excludes halogenated alkanes) is 1. The van der Waals surface area contributed by atoms with Crippen LogP contribution >= 0.6 is 0 Å². The van der Waals surface area contributed by atoms with Gasteiger partial charge in [0.1, 0.15) is 12.4 Å². The Morgan fingerprint density at radius 1 is 1.10 bits per heavy atom. The zero-order valence-electron chi connectivity index (χ0n) is 18.2. The van der Waals surface area contributed by atoms with Gasteiger partial charge in [0.15, 0.2) is 0 Å². The molecule has 164 valence electrons. The first-order chi connectivity index (χ1) is 15.0. The molecule has 7 nitrogen and oxygen atoms in total. The van der Waals surface area contributed by atoms with Crippen LogP contribution in [-0.2, 0) is 17.9 Å². The van der Waals surface area contributed by atoms with E-state index in [1.807, 2.05) is 37.3 Å². The van der Waals surface area contributed by atoms with Crippen molar-refractivity contribution in [3.8, 4) is 5.75 Å². The van der Waals surface area contributed by atoms with Crippen LogP contribution in [0.25, 0.3) is 10.9 Å². The molecule has 0 aliphatic rings. The summed E-state index contributed by atoms with van der Waals surface area (Å²) in [5.41, 5.74) is 6.00. The molecule has 0 saturated carbocycles. The number of benzene rings is 2. The molecule has 7 heteroatoms. The summed E-state index contributed by atoms with van der Waals surface area (Å²) in [6.45, 7) is 7.42. The highest BCUT2D eigenvalue weighted by Crippen LogP contribution is 2.31. The average Bonchev–Trinajstić information content (AvgIpc) is 3.06. The van der Waals surface area contributed by atoms with E-state index in [9.17, 15) is 9.59 Å². The van der Waals surface area contributed by atoms with Gasteiger partial charge in [-0.15, -0.1) is 0 Å². The Balaban J connectivity index is 1.87. The molecule has 31 heavy (non-hydrogen) atoms. The first-order valence-electron chi connectivity index (χ1n) is 10.5. The number of nitrogens with two attached hydrogens (primary N) is 1. The highest BCUT2D eigenvalue weighted by molar-refractivity contribution is 6.06. The van der Waals surface area contributed by atoms with E-state index < -0.39 is 0 Å². The monoisotopic (exact) mass is 423 g/mol. The quantitative estimate of drug-likeness (QED) is 0.234. The molecule has 1 aromatic heterocycles. The molecule has 0 aliphatic heterocycles. The topological polar surface area (TPSA) is 95.6 Å². The number of aryl methyl sites for hydroxylation is 1. The molecular formula is C24H29N3O4. The Hall–Kier alpha value is -3.32. The van der Waals surface area contributed by atoms with Crippen LogP contribution < -0.4 is 16.0 Å². The zero-order valence-corrected chi connectivity index (χ0v) is 18.2. The van der Waals surface area contributed by atoms with Crippen LogP contribution in [0.1, 0.15) is 58.7 Å². The van der Waals surface area contributed by atoms with Gasteiger partial charge in [-0.05, 0) is 56.2 Å². The smallest absolute Gasteiger partial charge is 0.340 e. The Morgan fingerprint density at radius 3 is 2.48 bits per heavy atom. The van der Waals surface area contributed by atoms with Gasteiger partial charge in [-0.3, -0.25) is 10.2 Å². The van der Waals surface area contributed by atoms with Crippen LogP contribution in [0, 0.1) is 6.92 Å². The summed E-state index contributed by atoms with van der Waals surface area (Å²) in [5, 5.41) is 0.833. The second-order valence-corrected chi connectivity index (χ2v) is 7.32. The van der Waals surface area contributed by atoms with Gasteiger partial charge < -0.3 is 14.0 Å². The summed E-state index contributed by atoms with van der Waals surface area (Å²) < 4.78 is 13.5. The SMILES string of the molecule is CCCCn1c(C)c(C(=O)OCC)c2cc(OCc3ccc(C(=O)NN)cc3)ccc21. The molecule has 0 saturated heterocycles. The molecule has 3 rings (SSSR count). The second-order valence-electron chi connectivity index (χ2n) is 7.32. The second kappa shape index (κ2) is 10.1. The van der Waals surface area contributed by atoms with Crippen LogP contribution in [-0.4, -0.2) is 23.1 Å². The lowest BCUT2D eigenvalue weighted by molar-refractivity contribution is 0.0527. The van der Waals surface area contributed by atoms with Crippen molar-refractivity contribution in [1.82, 2.24) is 9.99 Å². The number of aromatic nitrogens is 1. The summed E-state index contributed by atoms with van der Waals surface area (Å²) in [7, 11) is 0. The fraction of sp³-hybridized carbons (Fsp3) is 0.333. The molecular weight excluding hydrogens is 394 g/mol. The number of esters is 1. The number of ether oxygens (including phenoxy) is 2. The lowest BCUT2D eigenvalue weighted by atomic mass is 10.1. The molecule has 0 atom stereocenters. The van der Waals surface area contributed by atoms with Gasteiger partial charge in [-0.2, -0.15) is 0 Å². The summed E-state index contributed by atoms with van der Waals surface area (Å²) >= 11 is 0. The molecule has 0 fully saturated rings. The molecule has 0 unspecified atom stereocenters. The number of hydrazine groups is 1. The van der Waals surface area contributed by atoms with Crippen LogP contribution in [0.3, 0.4) is 0 Å². The van der Waals surface area contributed by atoms with Crippen molar-refractivity contribution >= 4 is 22.8 Å². The fourth-order valence-electron chi connectivity index (χ4n) is 3.62. The minimum Gasteiger partial charge on any atom is -0.489 e. The van der Waals surface area contributed by atoms with E-state index in [-0.39, 0.29) is 11.9 Å². The maximum absolute atomic E-state index is 12.7. The number of hydrogen-bond donors (Lipinski definition) is 2. The molecule has 1 amide bonds. The summed E-state index contributed by atoms with van der Waals surface area (Å²) in [4.78, 5) is 24.2. The van der Waals surface area contributed by atoms with Crippen LogP contribution in [0.5, 0.6) is 5.75 Å². The summed E-state index contributed by atoms with van der Waals surface area (Å²) in [6, 6.07) is 12.8. The predicted molar refractivity (Wildman–Crippen MR) is 120 cm³/mol. The van der Waals surface area contributed by atoms with Crippen LogP contribution in [0.4, 0.5) is 0 Å². The Morgan fingerprint density at radius 2 is 1.84 bits per heavy atom. The van der Waals surface area contributed by atoms with Gasteiger partial charge >= 0.3 is 5.97 Å². The average molecular weight is 424 g/mol. The molecule has 0 bridgehead atoms. The maximum atomic E-state index is 12.7. The number of rotatable bonds is 9. The van der Waals surface area contributed by atoms with E-state index in [1.54, 1.807) is 19.1 Å². The minimum atomic E-state index is -0.340. The van der Waals surface area contributed by atoms with Gasteiger partial charge in [0.05, 0.1) is 12.2 Å². The van der Waals surface area contributed by atoms with Crippen LogP contribution in [0.2, 0.25) is 0 Å².